The zero-order chi connectivity index (χ0) is 22.7. The molecule has 1 heterocycles. The molecule has 0 spiro atoms. The quantitative estimate of drug-likeness (QED) is 0.336. The second-order valence-corrected chi connectivity index (χ2v) is 6.85. The van der Waals surface area contributed by atoms with Gasteiger partial charge < -0.3 is 14.6 Å². The van der Waals surface area contributed by atoms with Crippen molar-refractivity contribution in [3.05, 3.63) is 74.2 Å². The number of aryl methyl sites for hydroxylation is 2. The Bertz CT molecular complexity index is 1170. The van der Waals surface area contributed by atoms with Gasteiger partial charge in [-0.3, -0.25) is 14.9 Å². The molecule has 0 aliphatic carbocycles. The van der Waals surface area contributed by atoms with E-state index in [-0.39, 0.29) is 33.3 Å². The fourth-order valence-electron chi connectivity index (χ4n) is 2.80. The number of anilines is 1. The lowest BCUT2D eigenvalue weighted by Crippen LogP contribution is -2.21. The average molecular weight is 448 g/mol. The number of amides is 1. The summed E-state index contributed by atoms with van der Waals surface area (Å²) >= 11 is 6.03. The third-order valence-electron chi connectivity index (χ3n) is 4.30. The number of rotatable bonds is 6. The van der Waals surface area contributed by atoms with Gasteiger partial charge >= 0.3 is 5.97 Å². The van der Waals surface area contributed by atoms with Gasteiger partial charge in [0.15, 0.2) is 6.61 Å². The molecule has 3 aromatic rings. The molecule has 1 amide bonds. The van der Waals surface area contributed by atoms with E-state index in [1.807, 2.05) is 0 Å². The summed E-state index contributed by atoms with van der Waals surface area (Å²) in [7, 11) is 0. The molecule has 0 unspecified atom stereocenters. The van der Waals surface area contributed by atoms with Crippen molar-refractivity contribution in [2.75, 3.05) is 11.9 Å². The predicted octanol–water partition coefficient (Wildman–Crippen LogP) is 4.45. The van der Waals surface area contributed by atoms with E-state index in [1.165, 1.54) is 37.3 Å². The normalized spacial score (nSPS) is 10.6. The fourth-order valence-corrected chi connectivity index (χ4v) is 3.05. The first-order valence-corrected chi connectivity index (χ1v) is 9.19. The Morgan fingerprint density at radius 3 is 2.68 bits per heavy atom. The van der Waals surface area contributed by atoms with Gasteiger partial charge in [0.25, 0.3) is 11.6 Å². The van der Waals surface area contributed by atoms with Crippen LogP contribution < -0.4 is 5.32 Å². The van der Waals surface area contributed by atoms with Crippen LogP contribution in [0.25, 0.3) is 11.3 Å². The summed E-state index contributed by atoms with van der Waals surface area (Å²) in [6.45, 7) is 2.35. The van der Waals surface area contributed by atoms with Crippen LogP contribution in [0.4, 0.5) is 15.8 Å². The highest BCUT2D eigenvalue weighted by molar-refractivity contribution is 6.33. The van der Waals surface area contributed by atoms with Crippen LogP contribution in [0.3, 0.4) is 0 Å². The number of non-ortho nitro benzene ring substituents is 1. The van der Waals surface area contributed by atoms with Crippen LogP contribution in [0, 0.1) is 29.8 Å². The topological polar surface area (TPSA) is 125 Å². The zero-order valence-corrected chi connectivity index (χ0v) is 17.0. The van der Waals surface area contributed by atoms with Gasteiger partial charge in [0.2, 0.25) is 0 Å². The van der Waals surface area contributed by atoms with Gasteiger partial charge in [0.1, 0.15) is 22.8 Å². The molecule has 0 aliphatic rings. The van der Waals surface area contributed by atoms with Crippen molar-refractivity contribution in [3.8, 4) is 11.3 Å². The number of hydrogen-bond acceptors (Lipinski definition) is 7. The van der Waals surface area contributed by atoms with Crippen LogP contribution in [-0.2, 0) is 9.53 Å². The van der Waals surface area contributed by atoms with Crippen molar-refractivity contribution in [3.63, 3.8) is 0 Å². The number of nitrogens with zero attached hydrogens (tertiary/aromatic N) is 2. The molecule has 1 N–H and O–H groups in total. The molecule has 0 bridgehead atoms. The van der Waals surface area contributed by atoms with Gasteiger partial charge in [0, 0.05) is 17.8 Å². The number of nitrogens with one attached hydrogen (secondary N) is 1. The lowest BCUT2D eigenvalue weighted by Gasteiger charge is -2.09. The van der Waals surface area contributed by atoms with Crippen molar-refractivity contribution in [1.29, 1.82) is 0 Å². The van der Waals surface area contributed by atoms with E-state index in [9.17, 15) is 24.1 Å². The highest BCUT2D eigenvalue weighted by Crippen LogP contribution is 2.33. The molecular weight excluding hydrogens is 433 g/mol. The van der Waals surface area contributed by atoms with E-state index < -0.39 is 29.2 Å². The molecule has 0 atom stereocenters. The van der Waals surface area contributed by atoms with Crippen LogP contribution in [0.2, 0.25) is 5.02 Å². The number of ether oxygens (including phenoxy) is 1. The number of benzene rings is 2. The molecule has 9 nitrogen and oxygen atoms in total. The van der Waals surface area contributed by atoms with Gasteiger partial charge in [-0.05, 0) is 37.6 Å². The number of halogens is 2. The number of carbonyl (C=O) groups is 2. The first-order chi connectivity index (χ1) is 14.7. The van der Waals surface area contributed by atoms with Crippen LogP contribution in [-0.4, -0.2) is 28.6 Å². The molecule has 11 heteroatoms. The maximum absolute atomic E-state index is 14.2. The van der Waals surface area contributed by atoms with Crippen molar-refractivity contribution in [2.45, 2.75) is 13.8 Å². The summed E-state index contributed by atoms with van der Waals surface area (Å²) in [5, 5.41) is 17.0. The third kappa shape index (κ3) is 4.69. The molecule has 1 aromatic heterocycles. The summed E-state index contributed by atoms with van der Waals surface area (Å²) in [5.41, 5.74) is 0.235. The van der Waals surface area contributed by atoms with Crippen LogP contribution in [0.5, 0.6) is 0 Å². The standard InChI is InChI=1S/C20H15ClFN3O6/c1-10-8-12(25(28)29)6-7-15(10)23-16(26)9-30-20(27)17-11(2)31-24-19(17)18-13(21)4-3-5-14(18)22/h3-8H,9H2,1-2H3,(H,23,26). The Balaban J connectivity index is 1.73. The van der Waals surface area contributed by atoms with Crippen LogP contribution in [0.1, 0.15) is 21.7 Å². The maximum Gasteiger partial charge on any atom is 0.344 e. The van der Waals surface area contributed by atoms with Gasteiger partial charge in [-0.15, -0.1) is 0 Å². The Morgan fingerprint density at radius 1 is 1.29 bits per heavy atom. The van der Waals surface area contributed by atoms with Crippen molar-refractivity contribution in [1.82, 2.24) is 5.16 Å². The summed E-state index contributed by atoms with van der Waals surface area (Å²) in [5.74, 6) is -2.28. The number of nitro benzene ring substituents is 1. The summed E-state index contributed by atoms with van der Waals surface area (Å²) in [4.78, 5) is 34.9. The molecule has 0 fully saturated rings. The number of nitro groups is 1. The highest BCUT2D eigenvalue weighted by Gasteiger charge is 2.27. The van der Waals surface area contributed by atoms with E-state index >= 15 is 0 Å². The lowest BCUT2D eigenvalue weighted by atomic mass is 10.1. The van der Waals surface area contributed by atoms with E-state index in [4.69, 9.17) is 20.9 Å². The molecule has 3 rings (SSSR count). The largest absolute Gasteiger partial charge is 0.452 e. The molecule has 0 saturated heterocycles. The number of aromatic nitrogens is 1. The second-order valence-electron chi connectivity index (χ2n) is 6.44. The third-order valence-corrected chi connectivity index (χ3v) is 4.61. The van der Waals surface area contributed by atoms with Gasteiger partial charge in [0.05, 0.1) is 15.5 Å². The zero-order valence-electron chi connectivity index (χ0n) is 16.3. The molecule has 0 saturated carbocycles. The highest BCUT2D eigenvalue weighted by atomic mass is 35.5. The number of hydrogen-bond donors (Lipinski definition) is 1. The molecule has 0 radical (unpaired) electrons. The van der Waals surface area contributed by atoms with E-state index in [2.05, 4.69) is 10.5 Å². The minimum atomic E-state index is -0.955. The first kappa shape index (κ1) is 21.9. The number of carbonyl (C=O) groups excluding carboxylic acids is 2. The fraction of sp³-hybridized carbons (Fsp3) is 0.150. The summed E-state index contributed by atoms with van der Waals surface area (Å²) in [6.07, 6.45) is 0. The SMILES string of the molecule is Cc1cc([N+](=O)[O-])ccc1NC(=O)COC(=O)c1c(-c2c(F)cccc2Cl)noc1C. The van der Waals surface area contributed by atoms with Gasteiger partial charge in [-0.25, -0.2) is 9.18 Å². The van der Waals surface area contributed by atoms with E-state index in [0.29, 0.717) is 11.3 Å². The maximum atomic E-state index is 14.2. The Labute approximate surface area is 179 Å². The van der Waals surface area contributed by atoms with E-state index in [1.54, 1.807) is 6.92 Å². The molecule has 31 heavy (non-hydrogen) atoms. The minimum Gasteiger partial charge on any atom is -0.452 e. The minimum absolute atomic E-state index is 0.0220. The Kier molecular flexibility index (Phi) is 6.30. The van der Waals surface area contributed by atoms with Crippen LogP contribution >= 0.6 is 11.6 Å². The van der Waals surface area contributed by atoms with Crippen molar-refractivity contribution >= 4 is 34.9 Å². The number of esters is 1. The predicted molar refractivity (Wildman–Crippen MR) is 108 cm³/mol. The Hall–Kier alpha value is -3.79. The first-order valence-electron chi connectivity index (χ1n) is 8.81. The van der Waals surface area contributed by atoms with Crippen LogP contribution in [0.15, 0.2) is 40.9 Å². The molecular formula is C20H15ClFN3O6. The van der Waals surface area contributed by atoms with E-state index in [0.717, 1.165) is 6.07 Å². The Morgan fingerprint density at radius 2 is 2.03 bits per heavy atom. The molecule has 0 aliphatic heterocycles. The van der Waals surface area contributed by atoms with Crippen molar-refractivity contribution in [2.24, 2.45) is 0 Å². The summed E-state index contributed by atoms with van der Waals surface area (Å²) < 4.78 is 24.3. The van der Waals surface area contributed by atoms with Gasteiger partial charge in [-0.2, -0.15) is 0 Å². The second kappa shape index (κ2) is 8.92. The monoisotopic (exact) mass is 447 g/mol. The van der Waals surface area contributed by atoms with Crippen molar-refractivity contribution < 1.29 is 28.2 Å². The smallest absolute Gasteiger partial charge is 0.344 e. The average Bonchev–Trinajstić information content (AvgIpc) is 3.08. The molecule has 2 aromatic carbocycles. The lowest BCUT2D eigenvalue weighted by molar-refractivity contribution is -0.384. The molecule has 160 valence electrons. The summed E-state index contributed by atoms with van der Waals surface area (Å²) in [6, 6.07) is 7.89. The van der Waals surface area contributed by atoms with Gasteiger partial charge in [-0.1, -0.05) is 22.8 Å².